The van der Waals surface area contributed by atoms with Gasteiger partial charge in [0.2, 0.25) is 0 Å². The minimum absolute atomic E-state index is 0.918. The van der Waals surface area contributed by atoms with Crippen LogP contribution in [0.1, 0.15) is 0 Å². The van der Waals surface area contributed by atoms with Crippen molar-refractivity contribution in [3.63, 3.8) is 0 Å². The Balaban J connectivity index is 1.04. The first-order valence-corrected chi connectivity index (χ1v) is 15.3. The molecule has 0 spiro atoms. The van der Waals surface area contributed by atoms with Gasteiger partial charge in [0, 0.05) is 32.6 Å². The van der Waals surface area contributed by atoms with E-state index in [-0.39, 0.29) is 0 Å². The van der Waals surface area contributed by atoms with Gasteiger partial charge in [0.25, 0.3) is 0 Å². The van der Waals surface area contributed by atoms with Crippen molar-refractivity contribution in [2.75, 3.05) is 0 Å². The molecule has 3 nitrogen and oxygen atoms in total. The van der Waals surface area contributed by atoms with Gasteiger partial charge in [0.15, 0.2) is 0 Å². The van der Waals surface area contributed by atoms with Crippen LogP contribution in [-0.2, 0) is 0 Å². The zero-order valence-corrected chi connectivity index (χ0v) is 24.2. The molecule has 210 valence electrons. The van der Waals surface area contributed by atoms with Crippen LogP contribution in [-0.4, -0.2) is 4.57 Å². The van der Waals surface area contributed by atoms with E-state index in [1.54, 1.807) is 0 Å². The van der Waals surface area contributed by atoms with Crippen molar-refractivity contribution in [3.8, 4) is 27.9 Å². The Morgan fingerprint density at radius 3 is 1.67 bits per heavy atom. The molecule has 0 saturated carbocycles. The third-order valence-corrected chi connectivity index (χ3v) is 9.23. The fourth-order valence-electron chi connectivity index (χ4n) is 7.08. The van der Waals surface area contributed by atoms with E-state index < -0.39 is 0 Å². The van der Waals surface area contributed by atoms with Crippen LogP contribution in [0.2, 0.25) is 0 Å². The van der Waals surface area contributed by atoms with Gasteiger partial charge in [-0.15, -0.1) is 0 Å². The smallest absolute Gasteiger partial charge is 0.145 e. The molecule has 3 heterocycles. The Morgan fingerprint density at radius 1 is 0.356 bits per heavy atom. The van der Waals surface area contributed by atoms with Crippen molar-refractivity contribution >= 4 is 65.7 Å². The summed E-state index contributed by atoms with van der Waals surface area (Å²) in [6.07, 6.45) is 0. The van der Waals surface area contributed by atoms with E-state index >= 15 is 0 Å². The summed E-state index contributed by atoms with van der Waals surface area (Å²) < 4.78 is 14.8. The molecular weight excluding hydrogens is 550 g/mol. The first-order valence-electron chi connectivity index (χ1n) is 15.3. The number of rotatable bonds is 3. The number of benzene rings is 7. The zero-order valence-electron chi connectivity index (χ0n) is 24.2. The summed E-state index contributed by atoms with van der Waals surface area (Å²) in [6.45, 7) is 0. The van der Waals surface area contributed by atoms with Crippen LogP contribution in [0.25, 0.3) is 93.6 Å². The lowest BCUT2D eigenvalue weighted by Crippen LogP contribution is -1.93. The van der Waals surface area contributed by atoms with Gasteiger partial charge in [-0.2, -0.15) is 0 Å². The van der Waals surface area contributed by atoms with E-state index in [1.165, 1.54) is 33.2 Å². The molecule has 7 aromatic carbocycles. The number of fused-ring (bicyclic) bond motifs is 10. The molecule has 45 heavy (non-hydrogen) atoms. The van der Waals surface area contributed by atoms with Gasteiger partial charge < -0.3 is 13.4 Å². The molecule has 10 rings (SSSR count). The third-order valence-electron chi connectivity index (χ3n) is 9.23. The topological polar surface area (TPSA) is 31.2 Å². The predicted molar refractivity (Wildman–Crippen MR) is 186 cm³/mol. The molecule has 0 radical (unpaired) electrons. The van der Waals surface area contributed by atoms with Crippen molar-refractivity contribution in [2.45, 2.75) is 0 Å². The minimum Gasteiger partial charge on any atom is -0.456 e. The molecule has 0 saturated heterocycles. The van der Waals surface area contributed by atoms with Crippen molar-refractivity contribution in [1.29, 1.82) is 0 Å². The van der Waals surface area contributed by atoms with Crippen molar-refractivity contribution < 1.29 is 8.83 Å². The number of hydrogen-bond acceptors (Lipinski definition) is 2. The molecule has 10 aromatic rings. The van der Waals surface area contributed by atoms with E-state index in [0.29, 0.717) is 0 Å². The lowest BCUT2D eigenvalue weighted by molar-refractivity contribution is 0.669. The first kappa shape index (κ1) is 24.4. The van der Waals surface area contributed by atoms with Crippen LogP contribution in [0, 0.1) is 0 Å². The average Bonchev–Trinajstić information content (AvgIpc) is 3.77. The number of furan rings is 2. The van der Waals surface area contributed by atoms with E-state index in [0.717, 1.165) is 60.5 Å². The molecule has 0 N–H and O–H groups in total. The molecule has 3 aromatic heterocycles. The summed E-state index contributed by atoms with van der Waals surface area (Å²) in [5.74, 6) is 0. The standard InChI is InChI=1S/C42H25NO2/c1-4-10-36-34(9-1)41-37(23-22-33-31-7-2-6-12-39(31)45-42(33)41)43(36)30-20-17-27(18-21-30)26-13-15-28(16-14-26)29-19-24-40-35(25-29)32-8-3-5-11-38(32)44-40/h1-25H. The van der Waals surface area contributed by atoms with Gasteiger partial charge in [-0.3, -0.25) is 0 Å². The van der Waals surface area contributed by atoms with Gasteiger partial charge in [0.1, 0.15) is 22.3 Å². The second kappa shape index (κ2) is 9.22. The highest BCUT2D eigenvalue weighted by molar-refractivity contribution is 6.23. The first-order chi connectivity index (χ1) is 22.3. The van der Waals surface area contributed by atoms with Crippen LogP contribution in [0.5, 0.6) is 0 Å². The summed E-state index contributed by atoms with van der Waals surface area (Å²) in [5.41, 5.74) is 11.9. The van der Waals surface area contributed by atoms with E-state index in [4.69, 9.17) is 8.83 Å². The second-order valence-electron chi connectivity index (χ2n) is 11.7. The minimum atomic E-state index is 0.918. The van der Waals surface area contributed by atoms with Crippen LogP contribution in [0.4, 0.5) is 0 Å². The molecule has 0 fully saturated rings. The number of para-hydroxylation sites is 3. The third kappa shape index (κ3) is 3.58. The van der Waals surface area contributed by atoms with Gasteiger partial charge >= 0.3 is 0 Å². The quantitative estimate of drug-likeness (QED) is 0.210. The number of aromatic nitrogens is 1. The second-order valence-corrected chi connectivity index (χ2v) is 11.7. The maximum absolute atomic E-state index is 6.46. The number of hydrogen-bond donors (Lipinski definition) is 0. The molecule has 0 bridgehead atoms. The summed E-state index contributed by atoms with van der Waals surface area (Å²) in [7, 11) is 0. The van der Waals surface area contributed by atoms with Crippen molar-refractivity contribution in [3.05, 3.63) is 152 Å². The molecule has 0 aliphatic carbocycles. The fraction of sp³-hybridized carbons (Fsp3) is 0. The summed E-state index contributed by atoms with van der Waals surface area (Å²) in [6, 6.07) is 53.7. The Kier molecular flexibility index (Phi) is 5.00. The van der Waals surface area contributed by atoms with E-state index in [1.807, 2.05) is 24.3 Å². The van der Waals surface area contributed by atoms with Gasteiger partial charge in [0.05, 0.1) is 16.4 Å². The van der Waals surface area contributed by atoms with Crippen LogP contribution in [0.3, 0.4) is 0 Å². The summed E-state index contributed by atoms with van der Waals surface area (Å²) >= 11 is 0. The maximum Gasteiger partial charge on any atom is 0.145 e. The van der Waals surface area contributed by atoms with Gasteiger partial charge in [-0.05, 0) is 76.9 Å². The normalized spacial score (nSPS) is 12.0. The largest absolute Gasteiger partial charge is 0.456 e. The lowest BCUT2D eigenvalue weighted by Gasteiger charge is -2.10. The van der Waals surface area contributed by atoms with Crippen molar-refractivity contribution in [1.82, 2.24) is 4.57 Å². The van der Waals surface area contributed by atoms with Crippen LogP contribution in [0.15, 0.2) is 160 Å². The van der Waals surface area contributed by atoms with Crippen molar-refractivity contribution in [2.24, 2.45) is 0 Å². The Morgan fingerprint density at radius 2 is 0.911 bits per heavy atom. The molecule has 0 unspecified atom stereocenters. The molecule has 0 atom stereocenters. The Bertz CT molecular complexity index is 2740. The summed E-state index contributed by atoms with van der Waals surface area (Å²) in [5, 5.41) is 6.94. The highest BCUT2D eigenvalue weighted by Gasteiger charge is 2.18. The van der Waals surface area contributed by atoms with E-state index in [2.05, 4.69) is 132 Å². The SMILES string of the molecule is c1ccc2c(c1)oc1ccc(-c3ccc(-c4ccc(-n5c6ccccc6c6c7oc8ccccc8c7ccc65)cc4)cc3)cc12. The molecule has 0 aliphatic rings. The Hall–Kier alpha value is -6.06. The maximum atomic E-state index is 6.46. The monoisotopic (exact) mass is 575 g/mol. The molecule has 0 amide bonds. The van der Waals surface area contributed by atoms with Crippen LogP contribution < -0.4 is 0 Å². The highest BCUT2D eigenvalue weighted by Crippen LogP contribution is 2.41. The fourth-order valence-corrected chi connectivity index (χ4v) is 7.08. The summed E-state index contributed by atoms with van der Waals surface area (Å²) in [4.78, 5) is 0. The average molecular weight is 576 g/mol. The molecule has 3 heteroatoms. The molecular formula is C42H25NO2. The van der Waals surface area contributed by atoms with Crippen LogP contribution >= 0.6 is 0 Å². The zero-order chi connectivity index (χ0) is 29.5. The number of nitrogens with zero attached hydrogens (tertiary/aromatic N) is 1. The Labute approximate surface area is 258 Å². The van der Waals surface area contributed by atoms with Gasteiger partial charge in [-0.25, -0.2) is 0 Å². The predicted octanol–water partition coefficient (Wildman–Crippen LogP) is 11.9. The van der Waals surface area contributed by atoms with Gasteiger partial charge in [-0.1, -0.05) is 97.1 Å². The van der Waals surface area contributed by atoms with E-state index in [9.17, 15) is 0 Å². The lowest BCUT2D eigenvalue weighted by atomic mass is 9.99. The molecule has 0 aliphatic heterocycles. The highest BCUT2D eigenvalue weighted by atomic mass is 16.3.